The molecule has 0 aliphatic heterocycles. The molecule has 0 radical (unpaired) electrons. The van der Waals surface area contributed by atoms with Crippen molar-refractivity contribution < 1.29 is 9.47 Å². The van der Waals surface area contributed by atoms with Gasteiger partial charge in [-0.25, -0.2) is 9.38 Å². The molecule has 2 aromatic heterocycles. The van der Waals surface area contributed by atoms with Crippen LogP contribution in [0.4, 0.5) is 0 Å². The van der Waals surface area contributed by atoms with E-state index in [1.165, 1.54) is 11.3 Å². The largest absolute Gasteiger partial charge is 0.490 e. The lowest BCUT2D eigenvalue weighted by Gasteiger charge is -2.15. The normalized spacial score (nSPS) is 12.1. The van der Waals surface area contributed by atoms with Crippen LogP contribution in [-0.4, -0.2) is 16.0 Å². The van der Waals surface area contributed by atoms with Crippen LogP contribution in [0.2, 0.25) is 5.02 Å². The van der Waals surface area contributed by atoms with Crippen LogP contribution in [0.15, 0.2) is 57.8 Å². The van der Waals surface area contributed by atoms with Crippen LogP contribution >= 0.6 is 38.9 Å². The quantitative estimate of drug-likeness (QED) is 0.235. The molecule has 0 atom stereocenters. The number of imidazole rings is 1. The van der Waals surface area contributed by atoms with E-state index in [4.69, 9.17) is 21.1 Å². The molecular weight excluding hydrogens is 548 g/mol. The summed E-state index contributed by atoms with van der Waals surface area (Å²) in [5.41, 5.74) is 5.72. The molecule has 0 aliphatic rings. The number of benzene rings is 3. The van der Waals surface area contributed by atoms with Gasteiger partial charge in [-0.15, -0.1) is 0 Å². The van der Waals surface area contributed by atoms with E-state index in [0.29, 0.717) is 39.2 Å². The van der Waals surface area contributed by atoms with Gasteiger partial charge in [0.2, 0.25) is 0 Å². The molecule has 0 unspecified atom stereocenters. The summed E-state index contributed by atoms with van der Waals surface area (Å²) in [6.45, 7) is 6.87. The Bertz CT molecular complexity index is 1680. The average Bonchev–Trinajstić information content (AvgIpc) is 3.30. The molecular formula is C27H22BrClN2O3S. The minimum Gasteiger partial charge on any atom is -0.490 e. The number of aromatic nitrogens is 2. The molecule has 0 bridgehead atoms. The Kier molecular flexibility index (Phi) is 6.57. The van der Waals surface area contributed by atoms with E-state index in [1.54, 1.807) is 4.40 Å². The molecule has 5 aromatic rings. The molecule has 0 spiro atoms. The lowest BCUT2D eigenvalue weighted by atomic mass is 10.1. The molecule has 0 aliphatic carbocycles. The van der Waals surface area contributed by atoms with Crippen molar-refractivity contribution in [3.63, 3.8) is 0 Å². The molecule has 5 rings (SSSR count). The number of thiazole rings is 1. The Morgan fingerprint density at radius 2 is 1.83 bits per heavy atom. The Balaban J connectivity index is 1.53. The fraction of sp³-hybridized carbons (Fsp3) is 0.185. The highest BCUT2D eigenvalue weighted by atomic mass is 79.9. The van der Waals surface area contributed by atoms with Crippen molar-refractivity contribution in [2.75, 3.05) is 6.61 Å². The number of rotatable bonds is 6. The standard InChI is InChI=1S/C27H22BrClN2O3S/c1-4-33-23-12-18(11-20(28)25(23)34-14-17-5-7-19(29)8-6-17)13-24-26(32)31-22-10-16(3)15(2)9-21(22)30-27(31)35-24/h5-13H,4,14H2,1-3H3/b24-13-. The molecule has 35 heavy (non-hydrogen) atoms. The first kappa shape index (κ1) is 23.9. The molecule has 0 saturated carbocycles. The number of halogens is 2. The summed E-state index contributed by atoms with van der Waals surface area (Å²) in [7, 11) is 0. The van der Waals surface area contributed by atoms with Crippen molar-refractivity contribution >= 4 is 60.9 Å². The van der Waals surface area contributed by atoms with E-state index in [-0.39, 0.29) is 5.56 Å². The lowest BCUT2D eigenvalue weighted by Crippen LogP contribution is -2.22. The Morgan fingerprint density at radius 1 is 1.09 bits per heavy atom. The van der Waals surface area contributed by atoms with Crippen LogP contribution in [0.5, 0.6) is 11.5 Å². The lowest BCUT2D eigenvalue weighted by molar-refractivity contribution is 0.267. The highest BCUT2D eigenvalue weighted by Gasteiger charge is 2.15. The first-order chi connectivity index (χ1) is 16.8. The van der Waals surface area contributed by atoms with Gasteiger partial charge in [0.1, 0.15) is 6.61 Å². The molecule has 178 valence electrons. The topological polar surface area (TPSA) is 52.8 Å². The van der Waals surface area contributed by atoms with E-state index in [9.17, 15) is 4.79 Å². The maximum atomic E-state index is 13.3. The van der Waals surface area contributed by atoms with Gasteiger partial charge in [0, 0.05) is 5.02 Å². The summed E-state index contributed by atoms with van der Waals surface area (Å²) in [4.78, 5) is 18.6. The van der Waals surface area contributed by atoms with Gasteiger partial charge in [0.15, 0.2) is 16.5 Å². The maximum absolute atomic E-state index is 13.3. The summed E-state index contributed by atoms with van der Waals surface area (Å²) >= 11 is 11.0. The molecule has 0 saturated heterocycles. The maximum Gasteiger partial charge on any atom is 0.274 e. The minimum absolute atomic E-state index is 0.0760. The molecule has 0 amide bonds. The summed E-state index contributed by atoms with van der Waals surface area (Å²) < 4.78 is 15.0. The van der Waals surface area contributed by atoms with Crippen LogP contribution in [0.1, 0.15) is 29.2 Å². The summed E-state index contributed by atoms with van der Waals surface area (Å²) in [6, 6.07) is 15.4. The smallest absolute Gasteiger partial charge is 0.274 e. The first-order valence-corrected chi connectivity index (χ1v) is 13.1. The SMILES string of the molecule is CCOc1cc(/C=c2\sc3nc4cc(C)c(C)cc4n3c2=O)cc(Br)c1OCc1ccc(Cl)cc1. The third-order valence-electron chi connectivity index (χ3n) is 5.78. The fourth-order valence-corrected chi connectivity index (χ4v) is 5.57. The van der Waals surface area contributed by atoms with Crippen molar-refractivity contribution in [2.24, 2.45) is 0 Å². The minimum atomic E-state index is -0.0760. The van der Waals surface area contributed by atoms with E-state index < -0.39 is 0 Å². The molecule has 2 heterocycles. The second kappa shape index (κ2) is 9.64. The number of aryl methyl sites for hydroxylation is 2. The second-order valence-electron chi connectivity index (χ2n) is 8.25. The van der Waals surface area contributed by atoms with Crippen molar-refractivity contribution in [3.05, 3.63) is 95.2 Å². The van der Waals surface area contributed by atoms with Gasteiger partial charge in [-0.2, -0.15) is 0 Å². The van der Waals surface area contributed by atoms with E-state index in [1.807, 2.05) is 68.5 Å². The number of fused-ring (bicyclic) bond motifs is 3. The third kappa shape index (κ3) is 4.68. The number of hydrogen-bond acceptors (Lipinski definition) is 5. The zero-order valence-electron chi connectivity index (χ0n) is 19.4. The van der Waals surface area contributed by atoms with Crippen molar-refractivity contribution in [1.29, 1.82) is 0 Å². The molecule has 0 N–H and O–H groups in total. The predicted octanol–water partition coefficient (Wildman–Crippen LogP) is 6.47. The van der Waals surface area contributed by atoms with E-state index in [2.05, 4.69) is 27.8 Å². The zero-order chi connectivity index (χ0) is 24.7. The molecule has 0 fully saturated rings. The van der Waals surface area contributed by atoms with Crippen LogP contribution in [-0.2, 0) is 6.61 Å². The van der Waals surface area contributed by atoms with Gasteiger partial charge in [0.05, 0.1) is 26.6 Å². The first-order valence-electron chi connectivity index (χ1n) is 11.1. The summed E-state index contributed by atoms with van der Waals surface area (Å²) in [6.07, 6.45) is 1.87. The van der Waals surface area contributed by atoms with Gasteiger partial charge >= 0.3 is 0 Å². The highest BCUT2D eigenvalue weighted by molar-refractivity contribution is 9.10. The fourth-order valence-electron chi connectivity index (χ4n) is 3.88. The second-order valence-corrected chi connectivity index (χ2v) is 10.5. The zero-order valence-corrected chi connectivity index (χ0v) is 22.6. The monoisotopic (exact) mass is 568 g/mol. The third-order valence-corrected chi connectivity index (χ3v) is 7.59. The molecule has 8 heteroatoms. The van der Waals surface area contributed by atoms with Crippen molar-refractivity contribution in [1.82, 2.24) is 9.38 Å². The molecule has 3 aromatic carbocycles. The van der Waals surface area contributed by atoms with Gasteiger partial charge in [-0.3, -0.25) is 4.79 Å². The van der Waals surface area contributed by atoms with Gasteiger partial charge in [-0.1, -0.05) is 35.1 Å². The summed E-state index contributed by atoms with van der Waals surface area (Å²) in [5.74, 6) is 1.21. The van der Waals surface area contributed by atoms with Gasteiger partial charge < -0.3 is 9.47 Å². The van der Waals surface area contributed by atoms with E-state index >= 15 is 0 Å². The average molecular weight is 570 g/mol. The Labute approximate surface area is 219 Å². The van der Waals surface area contributed by atoms with Crippen LogP contribution in [0.25, 0.3) is 22.1 Å². The van der Waals surface area contributed by atoms with Gasteiger partial charge in [-0.05, 0) is 101 Å². The Morgan fingerprint density at radius 3 is 2.57 bits per heavy atom. The van der Waals surface area contributed by atoms with E-state index in [0.717, 1.165) is 37.8 Å². The number of hydrogen-bond donors (Lipinski definition) is 0. The highest BCUT2D eigenvalue weighted by Crippen LogP contribution is 2.38. The van der Waals surface area contributed by atoms with Crippen molar-refractivity contribution in [3.8, 4) is 11.5 Å². The number of ether oxygens (including phenoxy) is 2. The van der Waals surface area contributed by atoms with Crippen LogP contribution < -0.4 is 19.6 Å². The molecule has 5 nitrogen and oxygen atoms in total. The summed E-state index contributed by atoms with van der Waals surface area (Å²) in [5, 5.41) is 0.682. The number of nitrogens with zero attached hydrogens (tertiary/aromatic N) is 2. The predicted molar refractivity (Wildman–Crippen MR) is 146 cm³/mol. The van der Waals surface area contributed by atoms with Crippen molar-refractivity contribution in [2.45, 2.75) is 27.4 Å². The van der Waals surface area contributed by atoms with Crippen LogP contribution in [0, 0.1) is 13.8 Å². The Hall–Kier alpha value is -2.87. The van der Waals surface area contributed by atoms with Gasteiger partial charge in [0.25, 0.3) is 5.56 Å². The van der Waals surface area contributed by atoms with Crippen LogP contribution in [0.3, 0.4) is 0 Å².